The van der Waals surface area contributed by atoms with Crippen LogP contribution in [-0.4, -0.2) is 11.0 Å². The molecule has 0 spiro atoms. The molecule has 2 unspecified atom stereocenters. The Morgan fingerprint density at radius 1 is 1.33 bits per heavy atom. The van der Waals surface area contributed by atoms with Gasteiger partial charge in [0.1, 0.15) is 0 Å². The first-order chi connectivity index (χ1) is 10.1. The summed E-state index contributed by atoms with van der Waals surface area (Å²) in [4.78, 5) is 10.6. The zero-order chi connectivity index (χ0) is 15.2. The van der Waals surface area contributed by atoms with Crippen LogP contribution < -0.4 is 5.32 Å². The minimum atomic E-state index is -0.325. The average Bonchev–Trinajstić information content (AvgIpc) is 2.53. The van der Waals surface area contributed by atoms with Crippen molar-refractivity contribution in [2.24, 2.45) is 5.92 Å². The number of hydrogen-bond acceptors (Lipinski definition) is 3. The third-order valence-electron chi connectivity index (χ3n) is 4.70. The number of rotatable bonds is 6. The van der Waals surface area contributed by atoms with Crippen LogP contribution in [0.2, 0.25) is 0 Å². The molecule has 0 amide bonds. The Hall–Kier alpha value is -1.42. The molecule has 2 rings (SSSR count). The van der Waals surface area contributed by atoms with Gasteiger partial charge < -0.3 is 5.32 Å². The summed E-state index contributed by atoms with van der Waals surface area (Å²) in [7, 11) is 0. The molecule has 0 aromatic heterocycles. The van der Waals surface area contributed by atoms with E-state index in [2.05, 4.69) is 19.2 Å². The number of hydrogen-bond donors (Lipinski definition) is 1. The highest BCUT2D eigenvalue weighted by Crippen LogP contribution is 2.29. The molecule has 0 saturated heterocycles. The fraction of sp³-hybridized carbons (Fsp3) is 0.647. The van der Waals surface area contributed by atoms with Gasteiger partial charge in [0.15, 0.2) is 0 Å². The minimum absolute atomic E-state index is 0.150. The van der Waals surface area contributed by atoms with Crippen molar-refractivity contribution in [1.29, 1.82) is 0 Å². The van der Waals surface area contributed by atoms with E-state index in [0.29, 0.717) is 6.04 Å². The average molecular weight is 290 g/mol. The third-order valence-corrected chi connectivity index (χ3v) is 4.70. The number of nitro benzene ring substituents is 1. The maximum atomic E-state index is 10.9. The van der Waals surface area contributed by atoms with E-state index >= 15 is 0 Å². The van der Waals surface area contributed by atoms with Crippen molar-refractivity contribution in [3.63, 3.8) is 0 Å². The molecule has 1 aromatic rings. The number of non-ortho nitro benzene ring substituents is 1. The number of nitro groups is 1. The lowest BCUT2D eigenvalue weighted by molar-refractivity contribution is -0.384. The Morgan fingerprint density at radius 3 is 2.67 bits per heavy atom. The van der Waals surface area contributed by atoms with Gasteiger partial charge in [0.05, 0.1) is 4.92 Å². The molecule has 21 heavy (non-hydrogen) atoms. The first-order valence-corrected chi connectivity index (χ1v) is 8.12. The summed E-state index contributed by atoms with van der Waals surface area (Å²) >= 11 is 0. The van der Waals surface area contributed by atoms with E-state index in [-0.39, 0.29) is 16.7 Å². The predicted octanol–water partition coefficient (Wildman–Crippen LogP) is 4.60. The topological polar surface area (TPSA) is 55.2 Å². The molecule has 4 nitrogen and oxygen atoms in total. The van der Waals surface area contributed by atoms with Gasteiger partial charge in [-0.25, -0.2) is 0 Å². The van der Waals surface area contributed by atoms with Crippen molar-refractivity contribution < 1.29 is 4.92 Å². The van der Waals surface area contributed by atoms with Crippen LogP contribution in [0.1, 0.15) is 64.0 Å². The van der Waals surface area contributed by atoms with Gasteiger partial charge >= 0.3 is 0 Å². The monoisotopic (exact) mass is 290 g/mol. The molecular weight excluding hydrogens is 264 g/mol. The maximum Gasteiger partial charge on any atom is 0.269 e. The minimum Gasteiger partial charge on any atom is -0.307 e. The molecule has 1 aromatic carbocycles. The number of nitrogens with zero attached hydrogens (tertiary/aromatic N) is 1. The highest BCUT2D eigenvalue weighted by Gasteiger charge is 2.24. The Morgan fingerprint density at radius 2 is 2.05 bits per heavy atom. The van der Waals surface area contributed by atoms with Crippen LogP contribution in [-0.2, 0) is 0 Å². The molecule has 1 aliphatic rings. The Labute approximate surface area is 127 Å². The molecule has 1 aliphatic carbocycles. The van der Waals surface area contributed by atoms with Gasteiger partial charge in [-0.3, -0.25) is 10.1 Å². The van der Waals surface area contributed by atoms with Gasteiger partial charge in [-0.2, -0.15) is 0 Å². The summed E-state index contributed by atoms with van der Waals surface area (Å²) in [6, 6.07) is 7.64. The van der Waals surface area contributed by atoms with Crippen molar-refractivity contribution in [1.82, 2.24) is 5.32 Å². The third kappa shape index (κ3) is 4.27. The van der Waals surface area contributed by atoms with Gasteiger partial charge in [-0.15, -0.1) is 0 Å². The van der Waals surface area contributed by atoms with Crippen LogP contribution in [0.3, 0.4) is 0 Å². The largest absolute Gasteiger partial charge is 0.307 e. The molecule has 0 radical (unpaired) electrons. The lowest BCUT2D eigenvalue weighted by Gasteiger charge is -2.32. The summed E-state index contributed by atoms with van der Waals surface area (Å²) < 4.78 is 0. The van der Waals surface area contributed by atoms with E-state index in [1.54, 1.807) is 18.2 Å². The summed E-state index contributed by atoms with van der Waals surface area (Å²) in [5.74, 6) is 0.755. The summed E-state index contributed by atoms with van der Waals surface area (Å²) in [6.07, 6.45) is 7.79. The summed E-state index contributed by atoms with van der Waals surface area (Å²) in [6.45, 7) is 4.33. The van der Waals surface area contributed by atoms with Crippen LogP contribution in [0.5, 0.6) is 0 Å². The number of nitrogens with one attached hydrogen (secondary N) is 1. The van der Waals surface area contributed by atoms with Crippen molar-refractivity contribution in [2.45, 2.75) is 64.5 Å². The molecule has 1 fully saturated rings. The molecule has 1 N–H and O–H groups in total. The Kier molecular flexibility index (Phi) is 5.74. The van der Waals surface area contributed by atoms with Gasteiger partial charge in [0, 0.05) is 24.2 Å². The normalized spacial score (nSPS) is 19.1. The standard InChI is InChI=1S/C17H26N2O2/c1-3-17(14-8-5-4-6-9-14)18-13(2)15-10-7-11-16(12-15)19(20)21/h7,10-14,17-18H,3-6,8-9H2,1-2H3. The lowest BCUT2D eigenvalue weighted by Crippen LogP contribution is -2.38. The Balaban J connectivity index is 2.02. The maximum absolute atomic E-state index is 10.9. The van der Waals surface area contributed by atoms with E-state index in [1.165, 1.54) is 32.1 Å². The van der Waals surface area contributed by atoms with Gasteiger partial charge in [0.25, 0.3) is 5.69 Å². The van der Waals surface area contributed by atoms with Crippen molar-refractivity contribution in [3.05, 3.63) is 39.9 Å². The van der Waals surface area contributed by atoms with Crippen molar-refractivity contribution in [2.75, 3.05) is 0 Å². The van der Waals surface area contributed by atoms with Gasteiger partial charge in [-0.05, 0) is 37.7 Å². The van der Waals surface area contributed by atoms with Crippen LogP contribution in [0.25, 0.3) is 0 Å². The van der Waals surface area contributed by atoms with E-state index in [4.69, 9.17) is 0 Å². The fourth-order valence-corrected chi connectivity index (χ4v) is 3.45. The molecule has 4 heteroatoms. The van der Waals surface area contributed by atoms with Gasteiger partial charge in [0.2, 0.25) is 0 Å². The van der Waals surface area contributed by atoms with E-state index in [1.807, 2.05) is 6.07 Å². The zero-order valence-electron chi connectivity index (χ0n) is 13.0. The van der Waals surface area contributed by atoms with Crippen molar-refractivity contribution in [3.8, 4) is 0 Å². The first-order valence-electron chi connectivity index (χ1n) is 8.12. The van der Waals surface area contributed by atoms with Crippen molar-refractivity contribution >= 4 is 5.69 Å². The van der Waals surface area contributed by atoms with E-state index < -0.39 is 0 Å². The summed E-state index contributed by atoms with van der Waals surface area (Å²) in [5, 5.41) is 14.6. The SMILES string of the molecule is CCC(NC(C)c1cccc([N+](=O)[O-])c1)C1CCCCC1. The number of benzene rings is 1. The van der Waals surface area contributed by atoms with Crippen LogP contribution in [0.15, 0.2) is 24.3 Å². The van der Waals surface area contributed by atoms with Crippen LogP contribution in [0.4, 0.5) is 5.69 Å². The molecule has 2 atom stereocenters. The van der Waals surface area contributed by atoms with Crippen LogP contribution in [0, 0.1) is 16.0 Å². The van der Waals surface area contributed by atoms with E-state index in [0.717, 1.165) is 17.9 Å². The smallest absolute Gasteiger partial charge is 0.269 e. The highest BCUT2D eigenvalue weighted by molar-refractivity contribution is 5.35. The second-order valence-corrected chi connectivity index (χ2v) is 6.15. The van der Waals surface area contributed by atoms with Crippen LogP contribution >= 0.6 is 0 Å². The second-order valence-electron chi connectivity index (χ2n) is 6.15. The molecule has 0 bridgehead atoms. The summed E-state index contributed by atoms with van der Waals surface area (Å²) in [5.41, 5.74) is 1.17. The molecule has 0 aliphatic heterocycles. The van der Waals surface area contributed by atoms with E-state index in [9.17, 15) is 10.1 Å². The predicted molar refractivity (Wildman–Crippen MR) is 85.3 cm³/mol. The fourth-order valence-electron chi connectivity index (χ4n) is 3.45. The van der Waals surface area contributed by atoms with Gasteiger partial charge in [-0.1, -0.05) is 38.3 Å². The second kappa shape index (κ2) is 7.55. The molecule has 0 heterocycles. The highest BCUT2D eigenvalue weighted by atomic mass is 16.6. The quantitative estimate of drug-likeness (QED) is 0.615. The first kappa shape index (κ1) is 16.0. The molecule has 1 saturated carbocycles. The molecular formula is C17H26N2O2. The molecule has 116 valence electrons. The Bertz CT molecular complexity index is 470. The zero-order valence-corrected chi connectivity index (χ0v) is 13.0. The lowest BCUT2D eigenvalue weighted by atomic mass is 9.82.